The number of hydroxylamine groups is 1. The van der Waals surface area contributed by atoms with Gasteiger partial charge in [-0.25, -0.2) is 4.99 Å². The van der Waals surface area contributed by atoms with E-state index in [1.54, 1.807) is 24.8 Å². The molecule has 0 fully saturated rings. The fourth-order valence-electron chi connectivity index (χ4n) is 1.48. The molecule has 0 saturated carbocycles. The molecule has 1 aliphatic heterocycles. The monoisotopic (exact) mass is 236 g/mol. The Morgan fingerprint density at radius 3 is 3.06 bits per heavy atom. The number of hydrogen-bond donors (Lipinski definition) is 2. The Hall–Kier alpha value is -1.33. The summed E-state index contributed by atoms with van der Waals surface area (Å²) in [6, 6.07) is 5.42. The number of amidine groups is 1. The molecule has 84 valence electrons. The predicted octanol–water partition coefficient (Wildman–Crippen LogP) is 2.39. The molecule has 2 N–H and O–H groups in total. The highest BCUT2D eigenvalue weighted by atomic mass is 32.2. The van der Waals surface area contributed by atoms with Crippen molar-refractivity contribution in [2.75, 3.05) is 5.75 Å². The second-order valence-electron chi connectivity index (χ2n) is 3.51. The molecule has 0 atom stereocenters. The van der Waals surface area contributed by atoms with E-state index in [0.717, 1.165) is 16.3 Å². The van der Waals surface area contributed by atoms with Crippen LogP contribution in [0.2, 0.25) is 0 Å². The second-order valence-corrected chi connectivity index (χ2v) is 4.64. The second kappa shape index (κ2) is 4.67. The van der Waals surface area contributed by atoms with Crippen LogP contribution in [0.5, 0.6) is 0 Å². The topological polar surface area (TPSA) is 61.7 Å². The van der Waals surface area contributed by atoms with Crippen LogP contribution in [-0.4, -0.2) is 22.6 Å². The van der Waals surface area contributed by atoms with E-state index in [0.29, 0.717) is 17.8 Å². The number of Topliss-reactive ketones (excluding diaryl/α,β-unsaturated/α-hetero) is 1. The fraction of sp³-hybridized carbons (Fsp3) is 0.273. The van der Waals surface area contributed by atoms with E-state index in [1.807, 2.05) is 12.1 Å². The number of aliphatic imine (C=N–C) groups is 1. The van der Waals surface area contributed by atoms with Gasteiger partial charge in [0.1, 0.15) is 5.84 Å². The van der Waals surface area contributed by atoms with Gasteiger partial charge >= 0.3 is 0 Å². The minimum absolute atomic E-state index is 0.0529. The molecule has 4 nitrogen and oxygen atoms in total. The van der Waals surface area contributed by atoms with Crippen LogP contribution < -0.4 is 5.48 Å². The van der Waals surface area contributed by atoms with Crippen LogP contribution >= 0.6 is 11.8 Å². The molecule has 0 bridgehead atoms. The fourth-order valence-corrected chi connectivity index (χ4v) is 2.47. The van der Waals surface area contributed by atoms with Crippen LogP contribution in [0, 0.1) is 0 Å². The molecule has 0 amide bonds. The van der Waals surface area contributed by atoms with Gasteiger partial charge in [0.05, 0.1) is 5.69 Å². The molecule has 0 saturated heterocycles. The Morgan fingerprint density at radius 1 is 1.56 bits per heavy atom. The summed E-state index contributed by atoms with van der Waals surface area (Å²) in [7, 11) is 0. The molecule has 0 radical (unpaired) electrons. The largest absolute Gasteiger partial charge is 0.295 e. The number of nitrogens with zero attached hydrogens (tertiary/aromatic N) is 1. The molecular weight excluding hydrogens is 224 g/mol. The van der Waals surface area contributed by atoms with Crippen LogP contribution in [0.1, 0.15) is 23.7 Å². The van der Waals surface area contributed by atoms with Crippen LogP contribution in [-0.2, 0) is 0 Å². The van der Waals surface area contributed by atoms with Gasteiger partial charge in [0.25, 0.3) is 0 Å². The van der Waals surface area contributed by atoms with E-state index < -0.39 is 0 Å². The van der Waals surface area contributed by atoms with Gasteiger partial charge in [-0.3, -0.25) is 15.5 Å². The molecule has 0 unspecified atom stereocenters. The third kappa shape index (κ3) is 2.25. The lowest BCUT2D eigenvalue weighted by Gasteiger charge is -2.03. The summed E-state index contributed by atoms with van der Waals surface area (Å²) in [5.41, 5.74) is 3.58. The molecule has 0 spiro atoms. The number of thioether (sulfide) groups is 1. The quantitative estimate of drug-likeness (QED) is 0.580. The molecule has 1 aromatic rings. The summed E-state index contributed by atoms with van der Waals surface area (Å²) in [6.45, 7) is 1.55. The Morgan fingerprint density at radius 2 is 2.38 bits per heavy atom. The van der Waals surface area contributed by atoms with Crippen LogP contribution in [0.4, 0.5) is 5.69 Å². The van der Waals surface area contributed by atoms with Crippen molar-refractivity contribution in [1.29, 1.82) is 0 Å². The van der Waals surface area contributed by atoms with E-state index in [4.69, 9.17) is 5.21 Å². The van der Waals surface area contributed by atoms with Crippen molar-refractivity contribution in [1.82, 2.24) is 5.48 Å². The predicted molar refractivity (Wildman–Crippen MR) is 63.8 cm³/mol. The Bertz CT molecular complexity index is 457. The van der Waals surface area contributed by atoms with Gasteiger partial charge in [-0.05, 0) is 25.1 Å². The van der Waals surface area contributed by atoms with Crippen molar-refractivity contribution in [3.05, 3.63) is 23.8 Å². The number of hydrogen-bond acceptors (Lipinski definition) is 5. The number of benzene rings is 1. The summed E-state index contributed by atoms with van der Waals surface area (Å²) in [5, 5.41) is 8.84. The van der Waals surface area contributed by atoms with Crippen molar-refractivity contribution in [3.8, 4) is 0 Å². The first-order chi connectivity index (χ1) is 7.70. The minimum Gasteiger partial charge on any atom is -0.295 e. The summed E-state index contributed by atoms with van der Waals surface area (Å²) < 4.78 is 0. The van der Waals surface area contributed by atoms with Gasteiger partial charge in [0, 0.05) is 22.6 Å². The highest BCUT2D eigenvalue weighted by Crippen LogP contribution is 2.33. The van der Waals surface area contributed by atoms with Crippen molar-refractivity contribution in [3.63, 3.8) is 0 Å². The average molecular weight is 236 g/mol. The summed E-state index contributed by atoms with van der Waals surface area (Å²) in [4.78, 5) is 16.5. The van der Waals surface area contributed by atoms with Gasteiger partial charge < -0.3 is 0 Å². The number of rotatable bonds is 1. The lowest BCUT2D eigenvalue weighted by atomic mass is 10.1. The zero-order valence-electron chi connectivity index (χ0n) is 8.86. The van der Waals surface area contributed by atoms with E-state index in [-0.39, 0.29) is 5.78 Å². The molecule has 5 heteroatoms. The zero-order chi connectivity index (χ0) is 11.5. The van der Waals surface area contributed by atoms with Gasteiger partial charge in [0.15, 0.2) is 5.78 Å². The third-order valence-corrected chi connectivity index (χ3v) is 3.39. The third-order valence-electron chi connectivity index (χ3n) is 2.35. The Labute approximate surface area is 97.7 Å². The van der Waals surface area contributed by atoms with Gasteiger partial charge in [-0.1, -0.05) is 0 Å². The highest BCUT2D eigenvalue weighted by Gasteiger charge is 2.12. The van der Waals surface area contributed by atoms with Gasteiger partial charge in [-0.15, -0.1) is 11.8 Å². The van der Waals surface area contributed by atoms with Crippen molar-refractivity contribution in [2.24, 2.45) is 4.99 Å². The Kier molecular flexibility index (Phi) is 3.26. The van der Waals surface area contributed by atoms with Crippen molar-refractivity contribution in [2.45, 2.75) is 18.2 Å². The summed E-state index contributed by atoms with van der Waals surface area (Å²) in [6.07, 6.45) is 0.686. The minimum atomic E-state index is 0.0529. The molecule has 2 rings (SSSR count). The Balaban J connectivity index is 2.42. The number of carbonyl (C=O) groups excluding carboxylic acids is 1. The van der Waals surface area contributed by atoms with Gasteiger partial charge in [-0.2, -0.15) is 0 Å². The number of nitrogens with one attached hydrogen (secondary N) is 1. The van der Waals surface area contributed by atoms with Crippen LogP contribution in [0.3, 0.4) is 0 Å². The zero-order valence-corrected chi connectivity index (χ0v) is 9.67. The first kappa shape index (κ1) is 11.2. The number of ketones is 1. The summed E-state index contributed by atoms with van der Waals surface area (Å²) >= 11 is 1.64. The highest BCUT2D eigenvalue weighted by molar-refractivity contribution is 7.99. The number of fused-ring (bicyclic) bond motifs is 1. The molecule has 1 aromatic carbocycles. The molecule has 1 heterocycles. The normalized spacial score (nSPS) is 14.8. The van der Waals surface area contributed by atoms with E-state index in [9.17, 15) is 4.79 Å². The lowest BCUT2D eigenvalue weighted by Crippen LogP contribution is -2.18. The summed E-state index contributed by atoms with van der Waals surface area (Å²) in [5.74, 6) is 1.44. The lowest BCUT2D eigenvalue weighted by molar-refractivity contribution is 0.101. The van der Waals surface area contributed by atoms with Gasteiger partial charge in [0.2, 0.25) is 0 Å². The van der Waals surface area contributed by atoms with E-state index in [1.165, 1.54) is 0 Å². The maximum Gasteiger partial charge on any atom is 0.159 e. The van der Waals surface area contributed by atoms with Crippen molar-refractivity contribution < 1.29 is 10.0 Å². The molecule has 0 aromatic heterocycles. The van der Waals surface area contributed by atoms with E-state index in [2.05, 4.69) is 10.5 Å². The molecular formula is C11H12N2O2S. The standard InChI is InChI=1S/C11H12N2O2S/c1-7(14)8-2-3-9-10(6-8)16-5-4-11(12-9)13-15/h2-3,6,15H,4-5H2,1H3,(H,12,13). The molecule has 16 heavy (non-hydrogen) atoms. The number of carbonyl (C=O) groups is 1. The molecule has 1 aliphatic rings. The SMILES string of the molecule is CC(=O)c1ccc2c(c1)SCCC(NO)=N2. The average Bonchev–Trinajstić information content (AvgIpc) is 2.49. The maximum absolute atomic E-state index is 11.2. The van der Waals surface area contributed by atoms with Crippen LogP contribution in [0.15, 0.2) is 28.1 Å². The maximum atomic E-state index is 11.2. The van der Waals surface area contributed by atoms with Crippen molar-refractivity contribution >= 4 is 29.1 Å². The first-order valence-electron chi connectivity index (χ1n) is 4.96. The smallest absolute Gasteiger partial charge is 0.159 e. The van der Waals surface area contributed by atoms with Crippen LogP contribution in [0.25, 0.3) is 0 Å². The van der Waals surface area contributed by atoms with E-state index >= 15 is 0 Å². The molecule has 0 aliphatic carbocycles. The first-order valence-corrected chi connectivity index (χ1v) is 5.94.